The number of imide groups is 1. The zero-order valence-corrected chi connectivity index (χ0v) is 21.6. The average Bonchev–Trinajstić information content (AvgIpc) is 3.57. The minimum Gasteiger partial charge on any atom is -0.274 e. The lowest BCUT2D eigenvalue weighted by Crippen LogP contribution is -2.31. The first-order chi connectivity index (χ1) is 15.6. The first-order valence-electron chi connectivity index (χ1n) is 11.8. The van der Waals surface area contributed by atoms with E-state index in [0.29, 0.717) is 17.7 Å². The molecule has 4 heterocycles. The number of hydrogen-bond donors (Lipinski definition) is 0. The van der Waals surface area contributed by atoms with Crippen LogP contribution in [0.5, 0.6) is 0 Å². The number of carbonyl (C=O) groups excluding carboxylic acids is 2. The molecule has 0 radical (unpaired) electrons. The summed E-state index contributed by atoms with van der Waals surface area (Å²) in [5, 5.41) is 4.19. The lowest BCUT2D eigenvalue weighted by Gasteiger charge is -2.15. The van der Waals surface area contributed by atoms with Crippen molar-refractivity contribution in [1.29, 1.82) is 0 Å². The van der Waals surface area contributed by atoms with Crippen molar-refractivity contribution < 1.29 is 9.59 Å². The number of unbranched alkanes of at least 4 members (excludes halogenated alkanes) is 5. The highest BCUT2D eigenvalue weighted by Crippen LogP contribution is 2.50. The summed E-state index contributed by atoms with van der Waals surface area (Å²) in [7, 11) is 0. The summed E-state index contributed by atoms with van der Waals surface area (Å²) in [6.45, 7) is 7.03. The second-order valence-electron chi connectivity index (χ2n) is 8.30. The van der Waals surface area contributed by atoms with Gasteiger partial charge in [-0.05, 0) is 53.3 Å². The zero-order valence-electron chi connectivity index (χ0n) is 19.2. The van der Waals surface area contributed by atoms with Crippen molar-refractivity contribution in [1.82, 2.24) is 4.90 Å². The molecule has 0 aliphatic carbocycles. The van der Waals surface area contributed by atoms with Crippen molar-refractivity contribution in [3.63, 3.8) is 0 Å². The Kier molecular flexibility index (Phi) is 7.64. The predicted molar refractivity (Wildman–Crippen MR) is 138 cm³/mol. The smallest absolute Gasteiger partial charge is 0.263 e. The molecule has 1 aliphatic heterocycles. The van der Waals surface area contributed by atoms with Crippen LogP contribution < -0.4 is 0 Å². The van der Waals surface area contributed by atoms with Crippen LogP contribution in [0.25, 0.3) is 19.5 Å². The van der Waals surface area contributed by atoms with E-state index >= 15 is 0 Å². The fraction of sp³-hybridized carbons (Fsp3) is 0.462. The quantitative estimate of drug-likeness (QED) is 0.202. The molecule has 0 aromatic carbocycles. The molecule has 3 aromatic rings. The Balaban J connectivity index is 1.70. The van der Waals surface area contributed by atoms with E-state index in [-0.39, 0.29) is 11.8 Å². The Hall–Kier alpha value is -1.76. The molecule has 0 fully saturated rings. The van der Waals surface area contributed by atoms with Gasteiger partial charge in [0, 0.05) is 16.3 Å². The summed E-state index contributed by atoms with van der Waals surface area (Å²) in [5.74, 6) is -0.192. The van der Waals surface area contributed by atoms with Gasteiger partial charge < -0.3 is 0 Å². The summed E-state index contributed by atoms with van der Waals surface area (Å²) in [6, 6.07) is 4.29. The van der Waals surface area contributed by atoms with Crippen LogP contribution in [-0.2, 0) is 12.8 Å². The van der Waals surface area contributed by atoms with Gasteiger partial charge in [-0.25, -0.2) is 0 Å². The number of aryl methyl sites for hydroxylation is 2. The van der Waals surface area contributed by atoms with E-state index < -0.39 is 0 Å². The molecule has 0 spiro atoms. The maximum absolute atomic E-state index is 13.5. The molecule has 0 atom stereocenters. The number of thiophene rings is 3. The standard InChI is InChI=1S/C26H31NO2S3/c1-4-7-8-9-10-11-14-27-25(28)19-20(26(27)29)24(22-18(6-3)13-16-31-22)32-23(19)21-17(5-2)12-15-30-21/h12-13,15-16H,4-11,14H2,1-3H3. The molecular formula is C26H31NO2S3. The molecule has 3 nitrogen and oxygen atoms in total. The first kappa shape index (κ1) is 23.4. The maximum Gasteiger partial charge on any atom is 0.263 e. The Morgan fingerprint density at radius 1 is 0.688 bits per heavy atom. The molecule has 0 bridgehead atoms. The molecule has 1 aliphatic rings. The third-order valence-corrected chi connectivity index (χ3v) is 9.66. The maximum atomic E-state index is 13.5. The molecule has 6 heteroatoms. The molecule has 0 saturated heterocycles. The fourth-order valence-corrected chi connectivity index (χ4v) is 8.06. The van der Waals surface area contributed by atoms with Gasteiger partial charge in [0.1, 0.15) is 0 Å². The van der Waals surface area contributed by atoms with Gasteiger partial charge in [0.25, 0.3) is 11.8 Å². The lowest BCUT2D eigenvalue weighted by atomic mass is 10.1. The van der Waals surface area contributed by atoms with Gasteiger partial charge in [-0.3, -0.25) is 14.5 Å². The number of rotatable bonds is 11. The van der Waals surface area contributed by atoms with E-state index in [0.717, 1.165) is 45.2 Å². The molecule has 4 rings (SSSR count). The van der Waals surface area contributed by atoms with Gasteiger partial charge in [-0.2, -0.15) is 0 Å². The monoisotopic (exact) mass is 485 g/mol. The Bertz CT molecular complexity index is 1030. The average molecular weight is 486 g/mol. The second-order valence-corrected chi connectivity index (χ2v) is 11.1. The SMILES string of the molecule is CCCCCCCCN1C(=O)c2c(-c3sccc3CC)sc(-c3sccc3CC)c2C1=O. The summed E-state index contributed by atoms with van der Waals surface area (Å²) >= 11 is 4.99. The molecule has 170 valence electrons. The van der Waals surface area contributed by atoms with Gasteiger partial charge in [0.05, 0.1) is 20.9 Å². The number of carbonyl (C=O) groups is 2. The van der Waals surface area contributed by atoms with E-state index in [1.165, 1.54) is 41.7 Å². The second kappa shape index (κ2) is 10.4. The Morgan fingerprint density at radius 3 is 1.69 bits per heavy atom. The van der Waals surface area contributed by atoms with E-state index in [1.807, 2.05) is 0 Å². The van der Waals surface area contributed by atoms with E-state index in [4.69, 9.17) is 0 Å². The normalized spacial score (nSPS) is 13.4. The molecule has 0 saturated carbocycles. The number of nitrogens with zero attached hydrogens (tertiary/aromatic N) is 1. The van der Waals surface area contributed by atoms with Crippen molar-refractivity contribution in [2.24, 2.45) is 0 Å². The Morgan fingerprint density at radius 2 is 1.19 bits per heavy atom. The fourth-order valence-electron chi connectivity index (χ4n) is 4.40. The van der Waals surface area contributed by atoms with Gasteiger partial charge in [0.15, 0.2) is 0 Å². The van der Waals surface area contributed by atoms with Crippen molar-refractivity contribution in [2.45, 2.75) is 72.1 Å². The van der Waals surface area contributed by atoms with Crippen LogP contribution in [0.1, 0.15) is 91.1 Å². The minimum atomic E-state index is -0.0962. The lowest BCUT2D eigenvalue weighted by molar-refractivity contribution is 0.0652. The van der Waals surface area contributed by atoms with Crippen LogP contribution in [0.3, 0.4) is 0 Å². The molecule has 32 heavy (non-hydrogen) atoms. The van der Waals surface area contributed by atoms with E-state index in [1.54, 1.807) is 34.0 Å². The van der Waals surface area contributed by atoms with Crippen molar-refractivity contribution in [3.8, 4) is 19.5 Å². The highest BCUT2D eigenvalue weighted by molar-refractivity contribution is 7.26. The largest absolute Gasteiger partial charge is 0.274 e. The van der Waals surface area contributed by atoms with Crippen LogP contribution in [0.4, 0.5) is 0 Å². The topological polar surface area (TPSA) is 37.4 Å². The highest BCUT2D eigenvalue weighted by Gasteiger charge is 2.42. The van der Waals surface area contributed by atoms with Gasteiger partial charge in [-0.1, -0.05) is 52.9 Å². The summed E-state index contributed by atoms with van der Waals surface area (Å²) in [4.78, 5) is 32.9. The number of hydrogen-bond acceptors (Lipinski definition) is 5. The van der Waals surface area contributed by atoms with Crippen LogP contribution in [-0.4, -0.2) is 23.3 Å². The Labute approximate surface area is 203 Å². The summed E-state index contributed by atoms with van der Waals surface area (Å²) < 4.78 is 0. The molecule has 2 amide bonds. The van der Waals surface area contributed by atoms with Crippen LogP contribution in [0.2, 0.25) is 0 Å². The van der Waals surface area contributed by atoms with Crippen molar-refractivity contribution in [2.75, 3.05) is 6.54 Å². The first-order valence-corrected chi connectivity index (χ1v) is 14.4. The third kappa shape index (κ3) is 4.25. The van der Waals surface area contributed by atoms with E-state index in [9.17, 15) is 9.59 Å². The molecule has 0 N–H and O–H groups in total. The van der Waals surface area contributed by atoms with Crippen LogP contribution in [0, 0.1) is 0 Å². The van der Waals surface area contributed by atoms with Gasteiger partial charge >= 0.3 is 0 Å². The highest BCUT2D eigenvalue weighted by atomic mass is 32.1. The van der Waals surface area contributed by atoms with Gasteiger partial charge in [-0.15, -0.1) is 34.0 Å². The summed E-state index contributed by atoms with van der Waals surface area (Å²) in [6.07, 6.45) is 8.68. The van der Waals surface area contributed by atoms with Crippen LogP contribution in [0.15, 0.2) is 22.9 Å². The molecular weight excluding hydrogens is 454 g/mol. The third-order valence-electron chi connectivity index (χ3n) is 6.23. The van der Waals surface area contributed by atoms with E-state index in [2.05, 4.69) is 43.7 Å². The summed E-state index contributed by atoms with van der Waals surface area (Å²) in [5.41, 5.74) is 3.80. The molecule has 3 aromatic heterocycles. The number of amides is 2. The van der Waals surface area contributed by atoms with Crippen molar-refractivity contribution in [3.05, 3.63) is 45.1 Å². The van der Waals surface area contributed by atoms with Gasteiger partial charge in [0.2, 0.25) is 0 Å². The zero-order chi connectivity index (χ0) is 22.7. The van der Waals surface area contributed by atoms with Crippen molar-refractivity contribution >= 4 is 45.8 Å². The minimum absolute atomic E-state index is 0.0962. The number of fused-ring (bicyclic) bond motifs is 1. The molecule has 0 unspecified atom stereocenters. The predicted octanol–water partition coefficient (Wildman–Crippen LogP) is 8.29. The van der Waals surface area contributed by atoms with Crippen LogP contribution >= 0.6 is 34.0 Å².